The first kappa shape index (κ1) is 22.0. The van der Waals surface area contributed by atoms with Gasteiger partial charge in [0, 0.05) is 43.6 Å². The van der Waals surface area contributed by atoms with Gasteiger partial charge < -0.3 is 25.0 Å². The van der Waals surface area contributed by atoms with Crippen LogP contribution in [0.4, 0.5) is 16.2 Å². The van der Waals surface area contributed by atoms with Crippen LogP contribution in [-0.4, -0.2) is 42.2 Å². The summed E-state index contributed by atoms with van der Waals surface area (Å²) in [6.45, 7) is 3.00. The first-order valence-corrected chi connectivity index (χ1v) is 10.9. The van der Waals surface area contributed by atoms with E-state index in [9.17, 15) is 9.90 Å². The van der Waals surface area contributed by atoms with Crippen molar-refractivity contribution in [1.82, 2.24) is 4.90 Å². The largest absolute Gasteiger partial charge is 0.508 e. The van der Waals surface area contributed by atoms with E-state index in [2.05, 4.69) is 16.3 Å². The van der Waals surface area contributed by atoms with Crippen molar-refractivity contribution in [2.24, 2.45) is 0 Å². The Balaban J connectivity index is 1.28. The van der Waals surface area contributed by atoms with Crippen molar-refractivity contribution >= 4 is 17.4 Å². The second-order valence-electron chi connectivity index (χ2n) is 7.89. The lowest BCUT2D eigenvalue weighted by molar-refractivity contribution is 0.208. The van der Waals surface area contributed by atoms with Crippen LogP contribution in [0.1, 0.15) is 11.1 Å². The highest BCUT2D eigenvalue weighted by molar-refractivity contribution is 5.89. The molecule has 3 aromatic rings. The predicted molar refractivity (Wildman–Crippen MR) is 127 cm³/mol. The summed E-state index contributed by atoms with van der Waals surface area (Å²) in [7, 11) is 0. The summed E-state index contributed by atoms with van der Waals surface area (Å²) in [5, 5.41) is 21.4. The number of carbonyl (C=O) groups is 1. The highest BCUT2D eigenvalue weighted by atomic mass is 16.5. The summed E-state index contributed by atoms with van der Waals surface area (Å²) in [6, 6.07) is 24.3. The summed E-state index contributed by atoms with van der Waals surface area (Å²) in [4.78, 5) is 16.7. The Labute approximate surface area is 193 Å². The molecule has 33 heavy (non-hydrogen) atoms. The minimum Gasteiger partial charge on any atom is -0.508 e. The van der Waals surface area contributed by atoms with Crippen LogP contribution >= 0.6 is 0 Å². The maximum absolute atomic E-state index is 12.7. The monoisotopic (exact) mass is 442 g/mol. The van der Waals surface area contributed by atoms with E-state index < -0.39 is 0 Å². The van der Waals surface area contributed by atoms with E-state index >= 15 is 0 Å². The number of hydrogen-bond donors (Lipinski definition) is 2. The van der Waals surface area contributed by atoms with Crippen LogP contribution in [0.3, 0.4) is 0 Å². The second-order valence-corrected chi connectivity index (χ2v) is 7.89. The third kappa shape index (κ3) is 5.95. The normalized spacial score (nSPS) is 13.3. The molecular formula is C26H26N4O3. The fourth-order valence-corrected chi connectivity index (χ4v) is 3.76. The van der Waals surface area contributed by atoms with Crippen molar-refractivity contribution in [1.29, 1.82) is 5.26 Å². The van der Waals surface area contributed by atoms with Crippen LogP contribution < -0.4 is 15.0 Å². The van der Waals surface area contributed by atoms with Crippen molar-refractivity contribution in [2.45, 2.75) is 13.0 Å². The molecule has 4 rings (SSSR count). The molecule has 0 unspecified atom stereocenters. The average Bonchev–Trinajstić information content (AvgIpc) is 2.84. The zero-order chi connectivity index (χ0) is 23.0. The number of hydrogen-bond acceptors (Lipinski definition) is 5. The lowest BCUT2D eigenvalue weighted by Crippen LogP contribution is -2.50. The maximum Gasteiger partial charge on any atom is 0.321 e. The SMILES string of the molecule is N#CCc1ccc(OCc2cccc(NC(=O)N3CCN(c4cccc(O)c4)CC3)c2)cc1. The first-order valence-electron chi connectivity index (χ1n) is 10.9. The van der Waals surface area contributed by atoms with Crippen molar-refractivity contribution < 1.29 is 14.6 Å². The molecule has 0 aromatic heterocycles. The molecule has 0 radical (unpaired) electrons. The van der Waals surface area contributed by atoms with Gasteiger partial charge in [-0.05, 0) is 47.5 Å². The molecule has 0 aliphatic carbocycles. The summed E-state index contributed by atoms with van der Waals surface area (Å²) in [6.07, 6.45) is 0.382. The standard InChI is InChI=1S/C26H26N4O3/c27-12-11-20-7-9-25(10-8-20)33-19-21-3-1-4-22(17-21)28-26(32)30-15-13-29(14-16-30)23-5-2-6-24(31)18-23/h1-10,17-18,31H,11,13-16,19H2,(H,28,32). The van der Waals surface area contributed by atoms with Crippen LogP contribution in [0, 0.1) is 11.3 Å². The molecule has 168 valence electrons. The molecule has 1 aliphatic rings. The van der Waals surface area contributed by atoms with Gasteiger partial charge in [-0.15, -0.1) is 0 Å². The number of ether oxygens (including phenoxy) is 1. The number of carbonyl (C=O) groups excluding carboxylic acids is 1. The molecular weight excluding hydrogens is 416 g/mol. The van der Waals surface area contributed by atoms with E-state index in [1.54, 1.807) is 17.0 Å². The molecule has 0 atom stereocenters. The Hall–Kier alpha value is -4.18. The lowest BCUT2D eigenvalue weighted by atomic mass is 10.1. The fraction of sp³-hybridized carbons (Fsp3) is 0.231. The number of aromatic hydroxyl groups is 1. The van der Waals surface area contributed by atoms with E-state index in [1.165, 1.54) is 0 Å². The van der Waals surface area contributed by atoms with Gasteiger partial charge in [-0.3, -0.25) is 0 Å². The summed E-state index contributed by atoms with van der Waals surface area (Å²) >= 11 is 0. The molecule has 1 heterocycles. The van der Waals surface area contributed by atoms with Gasteiger partial charge in [0.2, 0.25) is 0 Å². The van der Waals surface area contributed by atoms with Crippen LogP contribution in [0.2, 0.25) is 0 Å². The third-order valence-electron chi connectivity index (χ3n) is 5.55. The zero-order valence-electron chi connectivity index (χ0n) is 18.3. The number of rotatable bonds is 6. The van der Waals surface area contributed by atoms with Gasteiger partial charge in [-0.25, -0.2) is 4.79 Å². The van der Waals surface area contributed by atoms with Gasteiger partial charge in [0.05, 0.1) is 12.5 Å². The van der Waals surface area contributed by atoms with Crippen molar-refractivity contribution in [3.8, 4) is 17.6 Å². The fourth-order valence-electron chi connectivity index (χ4n) is 3.76. The molecule has 1 saturated heterocycles. The zero-order valence-corrected chi connectivity index (χ0v) is 18.3. The number of piperazine rings is 1. The number of phenolic OH excluding ortho intramolecular Hbond substituents is 1. The van der Waals surface area contributed by atoms with E-state index in [-0.39, 0.29) is 11.8 Å². The Kier molecular flexibility index (Phi) is 6.96. The molecule has 0 spiro atoms. The molecule has 2 N–H and O–H groups in total. The molecule has 0 saturated carbocycles. The molecule has 7 heteroatoms. The van der Waals surface area contributed by atoms with E-state index in [4.69, 9.17) is 10.00 Å². The number of amides is 2. The Morgan fingerprint density at radius 3 is 2.45 bits per heavy atom. The van der Waals surface area contributed by atoms with Crippen LogP contribution in [-0.2, 0) is 13.0 Å². The molecule has 3 aromatic carbocycles. The Bertz CT molecular complexity index is 1130. The molecule has 1 fully saturated rings. The summed E-state index contributed by atoms with van der Waals surface area (Å²) in [5.74, 6) is 0.975. The lowest BCUT2D eigenvalue weighted by Gasteiger charge is -2.36. The first-order chi connectivity index (χ1) is 16.1. The van der Waals surface area contributed by atoms with Gasteiger partial charge >= 0.3 is 6.03 Å². The topological polar surface area (TPSA) is 88.8 Å². The Morgan fingerprint density at radius 1 is 0.970 bits per heavy atom. The van der Waals surface area contributed by atoms with Crippen LogP contribution in [0.5, 0.6) is 11.5 Å². The second kappa shape index (κ2) is 10.4. The number of nitrogens with one attached hydrogen (secondary N) is 1. The van der Waals surface area contributed by atoms with Crippen molar-refractivity contribution in [2.75, 3.05) is 36.4 Å². The maximum atomic E-state index is 12.7. The molecule has 2 amide bonds. The highest BCUT2D eigenvalue weighted by Crippen LogP contribution is 2.22. The summed E-state index contributed by atoms with van der Waals surface area (Å²) in [5.41, 5.74) is 3.59. The van der Waals surface area contributed by atoms with Crippen molar-refractivity contribution in [3.05, 3.63) is 83.9 Å². The van der Waals surface area contributed by atoms with Crippen LogP contribution in [0.15, 0.2) is 72.8 Å². The number of nitriles is 1. The van der Waals surface area contributed by atoms with Gasteiger partial charge in [0.1, 0.15) is 18.1 Å². The predicted octanol–water partition coefficient (Wildman–Crippen LogP) is 4.39. The van der Waals surface area contributed by atoms with E-state index in [0.717, 1.165) is 28.3 Å². The van der Waals surface area contributed by atoms with Gasteiger partial charge in [-0.1, -0.05) is 30.3 Å². The van der Waals surface area contributed by atoms with Gasteiger partial charge in [0.15, 0.2) is 0 Å². The van der Waals surface area contributed by atoms with E-state index in [0.29, 0.717) is 39.2 Å². The number of urea groups is 1. The molecule has 1 aliphatic heterocycles. The quantitative estimate of drug-likeness (QED) is 0.591. The van der Waals surface area contributed by atoms with E-state index in [1.807, 2.05) is 60.7 Å². The minimum atomic E-state index is -0.128. The third-order valence-corrected chi connectivity index (χ3v) is 5.55. The number of anilines is 2. The highest BCUT2D eigenvalue weighted by Gasteiger charge is 2.21. The summed E-state index contributed by atoms with van der Waals surface area (Å²) < 4.78 is 5.83. The average molecular weight is 443 g/mol. The van der Waals surface area contributed by atoms with Crippen LogP contribution in [0.25, 0.3) is 0 Å². The molecule has 7 nitrogen and oxygen atoms in total. The number of nitrogens with zero attached hydrogens (tertiary/aromatic N) is 3. The number of benzene rings is 3. The molecule has 0 bridgehead atoms. The van der Waals surface area contributed by atoms with Gasteiger partial charge in [0.25, 0.3) is 0 Å². The van der Waals surface area contributed by atoms with Crippen molar-refractivity contribution in [3.63, 3.8) is 0 Å². The Morgan fingerprint density at radius 2 is 1.73 bits per heavy atom. The number of phenols is 1. The van der Waals surface area contributed by atoms with Gasteiger partial charge in [-0.2, -0.15) is 5.26 Å². The smallest absolute Gasteiger partial charge is 0.321 e. The minimum absolute atomic E-state index is 0.128.